The van der Waals surface area contributed by atoms with Gasteiger partial charge in [-0.3, -0.25) is 4.79 Å². The van der Waals surface area contributed by atoms with E-state index in [-0.39, 0.29) is 16.2 Å². The SMILES string of the molecule is CCCCOC(=O)c1ccc(NC(=O)c2cc(S(=O)(=O)N3CCCC3)ccc2OC)cc1. The number of sulfonamides is 1. The summed E-state index contributed by atoms with van der Waals surface area (Å²) in [6, 6.07) is 10.6. The van der Waals surface area contributed by atoms with Gasteiger partial charge in [0, 0.05) is 18.8 Å². The molecule has 1 fully saturated rings. The number of unbranched alkanes of at least 4 members (excludes halogenated alkanes) is 1. The molecular formula is C23H28N2O6S. The first-order chi connectivity index (χ1) is 15.4. The molecule has 0 atom stereocenters. The molecule has 2 aromatic carbocycles. The molecule has 1 heterocycles. The van der Waals surface area contributed by atoms with Crippen LogP contribution in [0.25, 0.3) is 0 Å². The van der Waals surface area contributed by atoms with Gasteiger partial charge < -0.3 is 14.8 Å². The van der Waals surface area contributed by atoms with Gasteiger partial charge in [0.2, 0.25) is 10.0 Å². The summed E-state index contributed by atoms with van der Waals surface area (Å²) in [5.74, 6) is -0.671. The molecule has 32 heavy (non-hydrogen) atoms. The molecule has 0 bridgehead atoms. The van der Waals surface area contributed by atoms with Crippen molar-refractivity contribution in [1.82, 2.24) is 4.31 Å². The maximum absolute atomic E-state index is 12.9. The lowest BCUT2D eigenvalue weighted by atomic mass is 10.1. The Kier molecular flexibility index (Phi) is 7.87. The van der Waals surface area contributed by atoms with E-state index in [1.807, 2.05) is 6.92 Å². The van der Waals surface area contributed by atoms with E-state index in [0.29, 0.717) is 30.9 Å². The summed E-state index contributed by atoms with van der Waals surface area (Å²) in [6.07, 6.45) is 3.38. The Hall–Kier alpha value is -2.91. The number of rotatable bonds is 9. The van der Waals surface area contributed by atoms with Crippen molar-refractivity contribution < 1.29 is 27.5 Å². The zero-order valence-corrected chi connectivity index (χ0v) is 19.1. The minimum Gasteiger partial charge on any atom is -0.496 e. The van der Waals surface area contributed by atoms with E-state index in [4.69, 9.17) is 9.47 Å². The summed E-state index contributed by atoms with van der Waals surface area (Å²) in [4.78, 5) is 25.0. The molecule has 1 aliphatic rings. The fourth-order valence-corrected chi connectivity index (χ4v) is 4.93. The Labute approximate surface area is 188 Å². The summed E-state index contributed by atoms with van der Waals surface area (Å²) in [5.41, 5.74) is 0.946. The number of ether oxygens (including phenoxy) is 2. The topological polar surface area (TPSA) is 102 Å². The number of nitrogens with zero attached hydrogens (tertiary/aromatic N) is 1. The third-order valence-electron chi connectivity index (χ3n) is 5.23. The Balaban J connectivity index is 1.76. The molecule has 1 amide bonds. The fourth-order valence-electron chi connectivity index (χ4n) is 3.38. The van der Waals surface area contributed by atoms with E-state index in [1.54, 1.807) is 24.3 Å². The lowest BCUT2D eigenvalue weighted by Crippen LogP contribution is -2.28. The number of methoxy groups -OCH3 is 1. The largest absolute Gasteiger partial charge is 0.496 e. The van der Waals surface area contributed by atoms with Crippen LogP contribution < -0.4 is 10.1 Å². The van der Waals surface area contributed by atoms with Crippen LogP contribution in [-0.2, 0) is 14.8 Å². The first-order valence-electron chi connectivity index (χ1n) is 10.6. The molecular weight excluding hydrogens is 432 g/mol. The molecule has 2 aromatic rings. The quantitative estimate of drug-likeness (QED) is 0.452. The van der Waals surface area contributed by atoms with Crippen LogP contribution in [-0.4, -0.2) is 51.4 Å². The lowest BCUT2D eigenvalue weighted by Gasteiger charge is -2.17. The first kappa shape index (κ1) is 23.7. The van der Waals surface area contributed by atoms with Gasteiger partial charge in [0.1, 0.15) is 5.75 Å². The molecule has 172 valence electrons. The molecule has 0 saturated carbocycles. The number of nitrogens with one attached hydrogen (secondary N) is 1. The van der Waals surface area contributed by atoms with Gasteiger partial charge >= 0.3 is 5.97 Å². The van der Waals surface area contributed by atoms with Crippen molar-refractivity contribution in [1.29, 1.82) is 0 Å². The van der Waals surface area contributed by atoms with Crippen molar-refractivity contribution in [2.75, 3.05) is 32.1 Å². The number of esters is 1. The van der Waals surface area contributed by atoms with Crippen LogP contribution in [0.5, 0.6) is 5.75 Å². The van der Waals surface area contributed by atoms with E-state index in [1.165, 1.54) is 29.6 Å². The standard InChI is InChI=1S/C23H28N2O6S/c1-3-4-15-31-23(27)17-7-9-18(10-8-17)24-22(26)20-16-19(11-12-21(20)30-2)32(28,29)25-13-5-6-14-25/h7-12,16H,3-6,13-15H2,1-2H3,(H,24,26). The highest BCUT2D eigenvalue weighted by Gasteiger charge is 2.28. The Morgan fingerprint density at radius 1 is 1.06 bits per heavy atom. The smallest absolute Gasteiger partial charge is 0.338 e. The summed E-state index contributed by atoms with van der Waals surface area (Å²) < 4.78 is 37.6. The van der Waals surface area contributed by atoms with Gasteiger partial charge in [0.15, 0.2) is 0 Å². The van der Waals surface area contributed by atoms with Crippen LogP contribution in [0.3, 0.4) is 0 Å². The van der Waals surface area contributed by atoms with Gasteiger partial charge in [-0.25, -0.2) is 13.2 Å². The van der Waals surface area contributed by atoms with Gasteiger partial charge in [-0.15, -0.1) is 0 Å². The molecule has 0 radical (unpaired) electrons. The van der Waals surface area contributed by atoms with Crippen molar-refractivity contribution in [3.8, 4) is 5.75 Å². The molecule has 3 rings (SSSR count). The predicted molar refractivity (Wildman–Crippen MR) is 121 cm³/mol. The summed E-state index contributed by atoms with van der Waals surface area (Å²) in [7, 11) is -2.25. The Morgan fingerprint density at radius 3 is 2.38 bits per heavy atom. The van der Waals surface area contributed by atoms with Gasteiger partial charge in [-0.2, -0.15) is 4.31 Å². The minimum absolute atomic E-state index is 0.0514. The van der Waals surface area contributed by atoms with E-state index in [0.717, 1.165) is 25.7 Å². The maximum atomic E-state index is 12.9. The summed E-state index contributed by atoms with van der Waals surface area (Å²) in [5, 5.41) is 2.72. The number of benzene rings is 2. The number of hydrogen-bond donors (Lipinski definition) is 1. The van der Waals surface area contributed by atoms with Crippen molar-refractivity contribution >= 4 is 27.6 Å². The molecule has 0 aromatic heterocycles. The van der Waals surface area contributed by atoms with Crippen LogP contribution in [0.15, 0.2) is 47.4 Å². The van der Waals surface area contributed by atoms with E-state index >= 15 is 0 Å². The Morgan fingerprint density at radius 2 is 1.75 bits per heavy atom. The molecule has 0 spiro atoms. The van der Waals surface area contributed by atoms with E-state index in [2.05, 4.69) is 5.32 Å². The molecule has 0 aliphatic carbocycles. The third kappa shape index (κ3) is 5.46. The zero-order valence-electron chi connectivity index (χ0n) is 18.3. The number of amides is 1. The van der Waals surface area contributed by atoms with Crippen LogP contribution in [0, 0.1) is 0 Å². The summed E-state index contributed by atoms with van der Waals surface area (Å²) in [6.45, 7) is 3.33. The molecule has 1 saturated heterocycles. The van der Waals surface area contributed by atoms with E-state index < -0.39 is 21.9 Å². The van der Waals surface area contributed by atoms with Gasteiger partial charge in [-0.05, 0) is 61.7 Å². The zero-order chi connectivity index (χ0) is 23.1. The molecule has 1 N–H and O–H groups in total. The second-order valence-electron chi connectivity index (χ2n) is 7.49. The highest BCUT2D eigenvalue weighted by molar-refractivity contribution is 7.89. The van der Waals surface area contributed by atoms with Crippen LogP contribution in [0.4, 0.5) is 5.69 Å². The Bertz CT molecular complexity index is 1060. The van der Waals surface area contributed by atoms with Crippen LogP contribution in [0.1, 0.15) is 53.3 Å². The fraction of sp³-hybridized carbons (Fsp3) is 0.391. The number of carbonyl (C=O) groups excluding carboxylic acids is 2. The summed E-state index contributed by atoms with van der Waals surface area (Å²) >= 11 is 0. The maximum Gasteiger partial charge on any atom is 0.338 e. The first-order valence-corrected chi connectivity index (χ1v) is 12.1. The normalized spacial score (nSPS) is 14.2. The molecule has 9 heteroatoms. The molecule has 1 aliphatic heterocycles. The van der Waals surface area contributed by atoms with Crippen molar-refractivity contribution in [2.45, 2.75) is 37.5 Å². The minimum atomic E-state index is -3.67. The van der Waals surface area contributed by atoms with Gasteiger partial charge in [0.05, 0.1) is 29.7 Å². The average molecular weight is 461 g/mol. The third-order valence-corrected chi connectivity index (χ3v) is 7.12. The van der Waals surface area contributed by atoms with Crippen LogP contribution in [0.2, 0.25) is 0 Å². The predicted octanol–water partition coefficient (Wildman–Crippen LogP) is 3.69. The molecule has 8 nitrogen and oxygen atoms in total. The second kappa shape index (κ2) is 10.6. The highest BCUT2D eigenvalue weighted by Crippen LogP contribution is 2.27. The van der Waals surface area contributed by atoms with Crippen molar-refractivity contribution in [3.63, 3.8) is 0 Å². The second-order valence-corrected chi connectivity index (χ2v) is 9.43. The lowest BCUT2D eigenvalue weighted by molar-refractivity contribution is 0.0499. The average Bonchev–Trinajstić information content (AvgIpc) is 3.35. The van der Waals surface area contributed by atoms with E-state index in [9.17, 15) is 18.0 Å². The van der Waals surface area contributed by atoms with Crippen molar-refractivity contribution in [3.05, 3.63) is 53.6 Å². The highest BCUT2D eigenvalue weighted by atomic mass is 32.2. The number of carbonyl (C=O) groups is 2. The monoisotopic (exact) mass is 460 g/mol. The van der Waals surface area contributed by atoms with Crippen LogP contribution >= 0.6 is 0 Å². The van der Waals surface area contributed by atoms with Gasteiger partial charge in [-0.1, -0.05) is 13.3 Å². The molecule has 0 unspecified atom stereocenters. The van der Waals surface area contributed by atoms with Gasteiger partial charge in [0.25, 0.3) is 5.91 Å². The number of hydrogen-bond acceptors (Lipinski definition) is 6. The number of anilines is 1. The van der Waals surface area contributed by atoms with Crippen molar-refractivity contribution in [2.24, 2.45) is 0 Å².